The Morgan fingerprint density at radius 3 is 2.00 bits per heavy atom. The Hall–Kier alpha value is -2.34. The lowest BCUT2D eigenvalue weighted by Crippen LogP contribution is -2.24. The Labute approximate surface area is 170 Å². The van der Waals surface area contributed by atoms with Crippen LogP contribution in [0.1, 0.15) is 35.8 Å². The monoisotopic (exact) mass is 460 g/mol. The van der Waals surface area contributed by atoms with Crippen molar-refractivity contribution in [2.24, 2.45) is 0 Å². The second-order valence-electron chi connectivity index (χ2n) is 6.68. The number of alkyl halides is 9. The van der Waals surface area contributed by atoms with Crippen LogP contribution < -0.4 is 5.32 Å². The number of aliphatic hydroxyl groups is 1. The molecule has 31 heavy (non-hydrogen) atoms. The molecule has 0 amide bonds. The number of hydrogen-bond donors (Lipinski definition) is 2. The summed E-state index contributed by atoms with van der Waals surface area (Å²) >= 11 is 0. The maximum atomic E-state index is 13.2. The van der Waals surface area contributed by atoms with E-state index in [-0.39, 0.29) is 36.3 Å². The number of halogens is 9. The second-order valence-corrected chi connectivity index (χ2v) is 6.68. The highest BCUT2D eigenvalue weighted by Crippen LogP contribution is 2.34. The summed E-state index contributed by atoms with van der Waals surface area (Å²) < 4.78 is 114. The normalized spacial score (nSPS) is 14.0. The molecular formula is C19H17F9N2O. The number of hydrogen-bond acceptors (Lipinski definition) is 3. The zero-order chi connectivity index (χ0) is 23.4. The fraction of sp³-hybridized carbons (Fsp3) is 0.421. The van der Waals surface area contributed by atoms with Crippen LogP contribution in [-0.4, -0.2) is 29.4 Å². The van der Waals surface area contributed by atoms with Crippen LogP contribution in [0.15, 0.2) is 36.4 Å². The second kappa shape index (κ2) is 9.43. The number of rotatable bonds is 7. The molecule has 2 rings (SSSR count). The molecule has 0 spiro atoms. The Kier molecular flexibility index (Phi) is 7.58. The van der Waals surface area contributed by atoms with Gasteiger partial charge in [-0.25, -0.2) is 4.98 Å². The van der Waals surface area contributed by atoms with E-state index < -0.39 is 42.3 Å². The van der Waals surface area contributed by atoms with Crippen LogP contribution in [0.5, 0.6) is 0 Å². The van der Waals surface area contributed by atoms with Gasteiger partial charge >= 0.3 is 18.5 Å². The third kappa shape index (κ3) is 7.69. The first kappa shape index (κ1) is 24.9. The van der Waals surface area contributed by atoms with E-state index >= 15 is 0 Å². The van der Waals surface area contributed by atoms with Gasteiger partial charge in [0, 0.05) is 18.5 Å². The number of aromatic nitrogens is 1. The lowest BCUT2D eigenvalue weighted by atomic mass is 10.0. The van der Waals surface area contributed by atoms with Crippen LogP contribution in [-0.2, 0) is 12.4 Å². The fourth-order valence-corrected chi connectivity index (χ4v) is 2.64. The molecular weight excluding hydrogens is 443 g/mol. The van der Waals surface area contributed by atoms with E-state index in [0.29, 0.717) is 18.2 Å². The topological polar surface area (TPSA) is 45.1 Å². The highest BCUT2D eigenvalue weighted by atomic mass is 19.4. The van der Waals surface area contributed by atoms with Crippen LogP contribution in [0.2, 0.25) is 0 Å². The summed E-state index contributed by atoms with van der Waals surface area (Å²) in [7, 11) is 0. The Bertz CT molecular complexity index is 859. The summed E-state index contributed by atoms with van der Waals surface area (Å²) in [6.07, 6.45) is -16.7. The summed E-state index contributed by atoms with van der Waals surface area (Å²) in [6.45, 7) is -0.453. The molecule has 0 aliphatic heterocycles. The van der Waals surface area contributed by atoms with Crippen LogP contribution in [0, 0.1) is 0 Å². The number of aliphatic hydroxyl groups excluding tert-OH is 1. The molecule has 2 N–H and O–H groups in total. The largest absolute Gasteiger partial charge is 0.433 e. The molecule has 0 saturated heterocycles. The predicted octanol–water partition coefficient (Wildman–Crippen LogP) is 5.75. The molecule has 0 radical (unpaired) electrons. The summed E-state index contributed by atoms with van der Waals surface area (Å²) in [5.74, 6) is 0. The van der Waals surface area contributed by atoms with Crippen LogP contribution in [0.4, 0.5) is 39.5 Å². The highest BCUT2D eigenvalue weighted by molar-refractivity contribution is 5.61. The maximum Gasteiger partial charge on any atom is 0.433 e. The fourth-order valence-electron chi connectivity index (χ4n) is 2.64. The van der Waals surface area contributed by atoms with Gasteiger partial charge in [0.15, 0.2) is 0 Å². The summed E-state index contributed by atoms with van der Waals surface area (Å²) in [5, 5.41) is 12.7. The van der Waals surface area contributed by atoms with E-state index in [9.17, 15) is 44.6 Å². The predicted molar refractivity (Wildman–Crippen MR) is 92.8 cm³/mol. The van der Waals surface area contributed by atoms with Crippen molar-refractivity contribution >= 4 is 0 Å². The van der Waals surface area contributed by atoms with Crippen molar-refractivity contribution in [1.29, 1.82) is 0 Å². The highest BCUT2D eigenvalue weighted by Gasteiger charge is 2.34. The van der Waals surface area contributed by atoms with Crippen LogP contribution in [0.3, 0.4) is 0 Å². The number of pyridine rings is 1. The van der Waals surface area contributed by atoms with Gasteiger partial charge in [0.25, 0.3) is 0 Å². The number of nitrogens with zero attached hydrogens (tertiary/aromatic N) is 1. The molecule has 3 nitrogen and oxygen atoms in total. The molecule has 0 aliphatic rings. The SMILES string of the molecule is OC(CNCCCC(F)(F)F)c1cc(-c2ccc(C(F)(F)F)cc2)nc(C(F)(F)F)c1. The number of benzene rings is 1. The van der Waals surface area contributed by atoms with Crippen molar-refractivity contribution in [3.05, 3.63) is 53.2 Å². The molecule has 172 valence electrons. The van der Waals surface area contributed by atoms with E-state index in [1.54, 1.807) is 0 Å². The number of nitrogens with one attached hydrogen (secondary N) is 1. The molecule has 0 aliphatic carbocycles. The minimum atomic E-state index is -4.89. The van der Waals surface area contributed by atoms with E-state index in [1.807, 2.05) is 0 Å². The lowest BCUT2D eigenvalue weighted by molar-refractivity contribution is -0.141. The molecule has 2 aromatic rings. The zero-order valence-electron chi connectivity index (χ0n) is 15.7. The molecule has 0 fully saturated rings. The molecule has 1 heterocycles. The van der Waals surface area contributed by atoms with Crippen molar-refractivity contribution < 1.29 is 44.6 Å². The molecule has 1 aromatic carbocycles. The molecule has 0 bridgehead atoms. The lowest BCUT2D eigenvalue weighted by Gasteiger charge is -2.16. The van der Waals surface area contributed by atoms with E-state index in [1.165, 1.54) is 0 Å². The van der Waals surface area contributed by atoms with Crippen LogP contribution >= 0.6 is 0 Å². The Morgan fingerprint density at radius 1 is 0.871 bits per heavy atom. The van der Waals surface area contributed by atoms with Gasteiger partial charge in [-0.15, -0.1) is 0 Å². The Morgan fingerprint density at radius 2 is 1.48 bits per heavy atom. The molecule has 0 saturated carbocycles. The Balaban J connectivity index is 2.22. The smallest absolute Gasteiger partial charge is 0.387 e. The van der Waals surface area contributed by atoms with Gasteiger partial charge in [-0.2, -0.15) is 39.5 Å². The first-order valence-corrected chi connectivity index (χ1v) is 8.89. The van der Waals surface area contributed by atoms with Gasteiger partial charge in [-0.3, -0.25) is 0 Å². The van der Waals surface area contributed by atoms with E-state index in [0.717, 1.165) is 18.2 Å². The zero-order valence-corrected chi connectivity index (χ0v) is 15.7. The molecule has 1 atom stereocenters. The first-order chi connectivity index (χ1) is 14.2. The van der Waals surface area contributed by atoms with Crippen molar-refractivity contribution in [2.75, 3.05) is 13.1 Å². The van der Waals surface area contributed by atoms with Gasteiger partial charge in [-0.1, -0.05) is 12.1 Å². The van der Waals surface area contributed by atoms with E-state index in [4.69, 9.17) is 0 Å². The van der Waals surface area contributed by atoms with Gasteiger partial charge < -0.3 is 10.4 Å². The molecule has 12 heteroatoms. The van der Waals surface area contributed by atoms with Gasteiger partial charge in [0.05, 0.1) is 17.4 Å². The van der Waals surface area contributed by atoms with Gasteiger partial charge in [0.2, 0.25) is 0 Å². The molecule has 1 aromatic heterocycles. The first-order valence-electron chi connectivity index (χ1n) is 8.89. The van der Waals surface area contributed by atoms with Crippen molar-refractivity contribution in [3.8, 4) is 11.3 Å². The molecule has 1 unspecified atom stereocenters. The third-order valence-corrected chi connectivity index (χ3v) is 4.18. The minimum Gasteiger partial charge on any atom is -0.387 e. The van der Waals surface area contributed by atoms with Crippen molar-refractivity contribution in [2.45, 2.75) is 37.5 Å². The van der Waals surface area contributed by atoms with Gasteiger partial charge in [0.1, 0.15) is 5.69 Å². The summed E-state index contributed by atoms with van der Waals surface area (Å²) in [6, 6.07) is 4.95. The minimum absolute atomic E-state index is 0.0364. The summed E-state index contributed by atoms with van der Waals surface area (Å²) in [4.78, 5) is 3.42. The van der Waals surface area contributed by atoms with Crippen LogP contribution in [0.25, 0.3) is 11.3 Å². The third-order valence-electron chi connectivity index (χ3n) is 4.18. The van der Waals surface area contributed by atoms with Gasteiger partial charge in [-0.05, 0) is 42.8 Å². The quantitative estimate of drug-likeness (QED) is 0.409. The van der Waals surface area contributed by atoms with E-state index in [2.05, 4.69) is 10.3 Å². The van der Waals surface area contributed by atoms with Crippen molar-refractivity contribution in [1.82, 2.24) is 10.3 Å². The standard InChI is InChI=1S/C19H17F9N2O/c20-17(21,22)6-1-7-29-10-15(31)12-8-14(30-16(9-12)19(26,27)28)11-2-4-13(5-3-11)18(23,24)25/h2-5,8-9,15,29,31H,1,6-7,10H2. The average Bonchev–Trinajstić information content (AvgIpc) is 2.65. The summed E-state index contributed by atoms with van der Waals surface area (Å²) in [5.41, 5.74) is -2.94. The maximum absolute atomic E-state index is 13.2. The average molecular weight is 460 g/mol. The van der Waals surface area contributed by atoms with Crippen molar-refractivity contribution in [3.63, 3.8) is 0 Å².